The highest BCUT2D eigenvalue weighted by Gasteiger charge is 2.23. The number of likely N-dealkylation sites (N-methyl/N-ethyl adjacent to an activating group) is 1. The molecule has 1 atom stereocenters. The number of nitrogens with one attached hydrogen (secondary N) is 3. The van der Waals surface area contributed by atoms with Gasteiger partial charge in [-0.05, 0) is 56.3 Å². The molecule has 0 radical (unpaired) electrons. The van der Waals surface area contributed by atoms with Gasteiger partial charge in [0, 0.05) is 23.7 Å². The summed E-state index contributed by atoms with van der Waals surface area (Å²) in [6.45, 7) is 4.88. The zero-order chi connectivity index (χ0) is 22.1. The first-order valence-corrected chi connectivity index (χ1v) is 10.9. The van der Waals surface area contributed by atoms with Crippen molar-refractivity contribution < 1.29 is 4.79 Å². The number of urea groups is 1. The van der Waals surface area contributed by atoms with Gasteiger partial charge in [-0.15, -0.1) is 10.2 Å². The molecule has 1 aliphatic heterocycles. The molecule has 32 heavy (non-hydrogen) atoms. The predicted molar refractivity (Wildman–Crippen MR) is 124 cm³/mol. The Hall–Kier alpha value is -3.72. The summed E-state index contributed by atoms with van der Waals surface area (Å²) in [7, 11) is 0. The maximum absolute atomic E-state index is 12.8. The molecule has 2 amide bonds. The topological polar surface area (TPSA) is 108 Å². The number of benzene rings is 2. The van der Waals surface area contributed by atoms with Crippen LogP contribution in [0.15, 0.2) is 53.3 Å². The second-order valence-electron chi connectivity index (χ2n) is 8.00. The number of rotatable bonds is 5. The van der Waals surface area contributed by atoms with Crippen LogP contribution in [0, 0.1) is 0 Å². The number of aromatic nitrogens is 4. The molecule has 3 heterocycles. The molecule has 0 spiro atoms. The van der Waals surface area contributed by atoms with Crippen molar-refractivity contribution in [2.75, 3.05) is 25.0 Å². The Morgan fingerprint density at radius 2 is 1.97 bits per heavy atom. The highest BCUT2D eigenvalue weighted by Crippen LogP contribution is 2.20. The monoisotopic (exact) mass is 431 g/mol. The number of H-pyrrole nitrogens is 1. The van der Waals surface area contributed by atoms with Crippen LogP contribution in [0.3, 0.4) is 0 Å². The lowest BCUT2D eigenvalue weighted by molar-refractivity contribution is 0.238. The molecule has 5 rings (SSSR count). The van der Waals surface area contributed by atoms with Crippen LogP contribution in [0.5, 0.6) is 0 Å². The fourth-order valence-electron chi connectivity index (χ4n) is 4.39. The number of hydrogen-bond donors (Lipinski definition) is 3. The van der Waals surface area contributed by atoms with Crippen molar-refractivity contribution in [3.63, 3.8) is 0 Å². The lowest BCUT2D eigenvalue weighted by Gasteiger charge is -2.22. The molecular formula is C23H25N7O2. The van der Waals surface area contributed by atoms with Crippen molar-refractivity contribution in [1.82, 2.24) is 30.2 Å². The molecule has 2 aromatic heterocycles. The van der Waals surface area contributed by atoms with Gasteiger partial charge in [0.2, 0.25) is 0 Å². The molecule has 2 aromatic carbocycles. The van der Waals surface area contributed by atoms with Gasteiger partial charge in [0.1, 0.15) is 0 Å². The molecule has 1 unspecified atom stereocenters. The van der Waals surface area contributed by atoms with E-state index in [2.05, 4.69) is 37.8 Å². The Labute approximate surface area is 184 Å². The second-order valence-corrected chi connectivity index (χ2v) is 8.00. The van der Waals surface area contributed by atoms with E-state index in [0.29, 0.717) is 35.0 Å². The Bertz CT molecular complexity index is 1330. The first-order valence-electron chi connectivity index (χ1n) is 10.9. The Kier molecular flexibility index (Phi) is 5.32. The summed E-state index contributed by atoms with van der Waals surface area (Å²) in [5.41, 5.74) is 2.69. The van der Waals surface area contributed by atoms with Crippen molar-refractivity contribution in [1.29, 1.82) is 0 Å². The number of anilines is 1. The Morgan fingerprint density at radius 3 is 2.78 bits per heavy atom. The van der Waals surface area contributed by atoms with Gasteiger partial charge in [-0.3, -0.25) is 14.8 Å². The van der Waals surface area contributed by atoms with Gasteiger partial charge in [0.15, 0.2) is 5.52 Å². The fourth-order valence-corrected chi connectivity index (χ4v) is 4.39. The van der Waals surface area contributed by atoms with Gasteiger partial charge < -0.3 is 10.6 Å². The standard InChI is InChI=1S/C23H25N7O2/c1-2-29-13-5-6-17(29)14-24-23(32)25-15-9-11-16(12-10-15)30-22(31)21-20(28-30)18-7-3-4-8-19(18)26-27-21/h3-4,7-12,17,28H,2,5-6,13-14H2,1H3,(H2,24,25,32). The van der Waals surface area contributed by atoms with E-state index < -0.39 is 0 Å². The maximum Gasteiger partial charge on any atom is 0.319 e. The van der Waals surface area contributed by atoms with Crippen LogP contribution >= 0.6 is 0 Å². The summed E-state index contributed by atoms with van der Waals surface area (Å²) in [6.07, 6.45) is 2.29. The van der Waals surface area contributed by atoms with Crippen LogP contribution < -0.4 is 16.2 Å². The van der Waals surface area contributed by atoms with Crippen LogP contribution in [0.25, 0.3) is 27.6 Å². The summed E-state index contributed by atoms with van der Waals surface area (Å²) in [4.78, 5) is 27.5. The average Bonchev–Trinajstić information content (AvgIpc) is 3.42. The Balaban J connectivity index is 1.31. The van der Waals surface area contributed by atoms with Gasteiger partial charge in [-0.25, -0.2) is 9.48 Å². The Morgan fingerprint density at radius 1 is 1.16 bits per heavy atom. The third-order valence-electron chi connectivity index (χ3n) is 6.08. The quantitative estimate of drug-likeness (QED) is 0.450. The predicted octanol–water partition coefficient (Wildman–Crippen LogP) is 2.87. The number of carbonyl (C=O) groups is 1. The summed E-state index contributed by atoms with van der Waals surface area (Å²) in [5, 5.41) is 18.0. The van der Waals surface area contributed by atoms with Gasteiger partial charge in [0.05, 0.1) is 16.7 Å². The van der Waals surface area contributed by atoms with Crippen molar-refractivity contribution in [2.45, 2.75) is 25.8 Å². The van der Waals surface area contributed by atoms with E-state index >= 15 is 0 Å². The van der Waals surface area contributed by atoms with Gasteiger partial charge in [-0.2, -0.15) is 0 Å². The van der Waals surface area contributed by atoms with Crippen LogP contribution in [-0.2, 0) is 0 Å². The summed E-state index contributed by atoms with van der Waals surface area (Å²) >= 11 is 0. The summed E-state index contributed by atoms with van der Waals surface area (Å²) < 4.78 is 1.44. The van der Waals surface area contributed by atoms with E-state index in [1.807, 2.05) is 24.3 Å². The van der Waals surface area contributed by atoms with Gasteiger partial charge in [-0.1, -0.05) is 25.1 Å². The van der Waals surface area contributed by atoms with E-state index in [1.54, 1.807) is 24.3 Å². The van der Waals surface area contributed by atoms with Crippen LogP contribution in [0.4, 0.5) is 10.5 Å². The minimum atomic E-state index is -0.270. The zero-order valence-electron chi connectivity index (χ0n) is 17.8. The van der Waals surface area contributed by atoms with Gasteiger partial charge >= 0.3 is 6.03 Å². The smallest absolute Gasteiger partial charge is 0.319 e. The lowest BCUT2D eigenvalue weighted by Crippen LogP contribution is -2.41. The number of hydrogen-bond acceptors (Lipinski definition) is 5. The number of fused-ring (bicyclic) bond motifs is 3. The number of amides is 2. The van der Waals surface area contributed by atoms with Crippen molar-refractivity contribution >= 4 is 33.7 Å². The molecule has 3 N–H and O–H groups in total. The van der Waals surface area contributed by atoms with Crippen LogP contribution in [-0.4, -0.2) is 56.6 Å². The number of likely N-dealkylation sites (tertiary alicyclic amines) is 1. The number of nitrogens with zero attached hydrogens (tertiary/aromatic N) is 4. The largest absolute Gasteiger partial charge is 0.336 e. The first-order chi connectivity index (χ1) is 15.6. The number of carbonyl (C=O) groups excluding carboxylic acids is 1. The SMILES string of the molecule is CCN1CCCC1CNC(=O)Nc1ccc(-n2[nH]c3c(nnc4ccccc43)c2=O)cc1. The highest BCUT2D eigenvalue weighted by molar-refractivity contribution is 6.00. The molecule has 9 nitrogen and oxygen atoms in total. The van der Waals surface area contributed by atoms with Crippen molar-refractivity contribution in [3.8, 4) is 5.69 Å². The van der Waals surface area contributed by atoms with E-state index in [0.717, 1.165) is 30.4 Å². The molecule has 4 aromatic rings. The molecular weight excluding hydrogens is 406 g/mol. The highest BCUT2D eigenvalue weighted by atomic mass is 16.2. The van der Waals surface area contributed by atoms with Gasteiger partial charge in [0.25, 0.3) is 5.56 Å². The zero-order valence-corrected chi connectivity index (χ0v) is 17.8. The van der Waals surface area contributed by atoms with E-state index in [1.165, 1.54) is 11.1 Å². The molecule has 1 fully saturated rings. The average molecular weight is 432 g/mol. The minimum absolute atomic E-state index is 0.231. The molecule has 0 bridgehead atoms. The molecule has 0 saturated carbocycles. The van der Waals surface area contributed by atoms with E-state index in [-0.39, 0.29) is 11.6 Å². The fraction of sp³-hybridized carbons (Fsp3) is 0.304. The van der Waals surface area contributed by atoms with Crippen LogP contribution in [0.1, 0.15) is 19.8 Å². The van der Waals surface area contributed by atoms with Crippen LogP contribution in [0.2, 0.25) is 0 Å². The van der Waals surface area contributed by atoms with Crippen molar-refractivity contribution in [2.24, 2.45) is 0 Å². The third kappa shape index (κ3) is 3.71. The maximum atomic E-state index is 12.8. The molecule has 1 saturated heterocycles. The van der Waals surface area contributed by atoms with E-state index in [9.17, 15) is 9.59 Å². The summed E-state index contributed by atoms with van der Waals surface area (Å²) in [5.74, 6) is 0. The normalized spacial score (nSPS) is 16.6. The van der Waals surface area contributed by atoms with E-state index in [4.69, 9.17) is 0 Å². The first kappa shape index (κ1) is 20.2. The van der Waals surface area contributed by atoms with Crippen molar-refractivity contribution in [3.05, 3.63) is 58.9 Å². The lowest BCUT2D eigenvalue weighted by atomic mass is 10.2. The molecule has 9 heteroatoms. The summed E-state index contributed by atoms with van der Waals surface area (Å²) in [6, 6.07) is 14.8. The molecule has 1 aliphatic rings. The molecule has 164 valence electrons. The second kappa shape index (κ2) is 8.43. The molecule has 0 aliphatic carbocycles. The third-order valence-corrected chi connectivity index (χ3v) is 6.08. The number of aromatic amines is 1. The minimum Gasteiger partial charge on any atom is -0.336 e.